The third-order valence-electron chi connectivity index (χ3n) is 4.27. The van der Waals surface area contributed by atoms with E-state index in [0.29, 0.717) is 23.0 Å². The number of nitrogens with one attached hydrogen (secondary N) is 1. The van der Waals surface area contributed by atoms with Gasteiger partial charge in [0, 0.05) is 5.39 Å². The Labute approximate surface area is 151 Å². The van der Waals surface area contributed by atoms with Crippen LogP contribution < -0.4 is 5.32 Å². The Hall–Kier alpha value is -3.08. The third kappa shape index (κ3) is 3.20. The fourth-order valence-corrected chi connectivity index (χ4v) is 3.06. The predicted molar refractivity (Wildman–Crippen MR) is 99.9 cm³/mol. The van der Waals surface area contributed by atoms with Gasteiger partial charge in [-0.3, -0.25) is 4.79 Å². The average molecular weight is 348 g/mol. The number of fused-ring (bicyclic) bond motifs is 2. The maximum Gasteiger partial charge on any atom is 0.287 e. The second-order valence-electron chi connectivity index (χ2n) is 6.82. The topological polar surface area (TPSA) is 68.3 Å². The third-order valence-corrected chi connectivity index (χ3v) is 4.27. The van der Waals surface area contributed by atoms with Crippen molar-refractivity contribution in [3.8, 4) is 0 Å². The van der Waals surface area contributed by atoms with Gasteiger partial charge in [0.2, 0.25) is 5.89 Å². The van der Waals surface area contributed by atoms with Crippen molar-refractivity contribution < 1.29 is 13.6 Å². The van der Waals surface area contributed by atoms with Crippen LogP contribution in [0.1, 0.15) is 42.8 Å². The number of hydrogen-bond donors (Lipinski definition) is 1. The van der Waals surface area contributed by atoms with Crippen LogP contribution >= 0.6 is 0 Å². The van der Waals surface area contributed by atoms with E-state index in [9.17, 15) is 4.79 Å². The molecule has 0 saturated heterocycles. The summed E-state index contributed by atoms with van der Waals surface area (Å²) in [6.45, 7) is 4.20. The molecule has 0 bridgehead atoms. The molecule has 0 aliphatic rings. The minimum Gasteiger partial charge on any atom is -0.451 e. The largest absolute Gasteiger partial charge is 0.451 e. The summed E-state index contributed by atoms with van der Waals surface area (Å²) in [4.78, 5) is 17.3. The van der Waals surface area contributed by atoms with E-state index in [1.54, 1.807) is 6.07 Å². The van der Waals surface area contributed by atoms with Crippen LogP contribution in [0.4, 0.5) is 0 Å². The number of hydrogen-bond acceptors (Lipinski definition) is 4. The maximum absolute atomic E-state index is 12.7. The van der Waals surface area contributed by atoms with Crippen LogP contribution in [0, 0.1) is 5.92 Å². The molecule has 4 rings (SSSR count). The highest BCUT2D eigenvalue weighted by atomic mass is 16.4. The Morgan fingerprint density at radius 3 is 2.50 bits per heavy atom. The van der Waals surface area contributed by atoms with Crippen LogP contribution in [0.3, 0.4) is 0 Å². The number of aromatic nitrogens is 1. The molecule has 2 aromatic carbocycles. The lowest BCUT2D eigenvalue weighted by molar-refractivity contribution is 0.0899. The smallest absolute Gasteiger partial charge is 0.287 e. The molecule has 132 valence electrons. The summed E-state index contributed by atoms with van der Waals surface area (Å²) in [5.41, 5.74) is 2.20. The molecule has 0 fully saturated rings. The molecular weight excluding hydrogens is 328 g/mol. The molecule has 1 atom stereocenters. The Balaban J connectivity index is 1.62. The molecular formula is C21H20N2O3. The Morgan fingerprint density at radius 2 is 1.77 bits per heavy atom. The summed E-state index contributed by atoms with van der Waals surface area (Å²) < 4.78 is 11.5. The lowest BCUT2D eigenvalue weighted by Gasteiger charge is -2.16. The SMILES string of the molecule is CC(C)C[C@@H](NC(=O)c1cc2ccccc2o1)c1nc2ccccc2o1. The van der Waals surface area contributed by atoms with Crippen LogP contribution in [0.15, 0.2) is 63.4 Å². The van der Waals surface area contributed by atoms with Gasteiger partial charge in [-0.2, -0.15) is 0 Å². The van der Waals surface area contributed by atoms with Crippen LogP contribution in [0.2, 0.25) is 0 Å². The predicted octanol–water partition coefficient (Wildman–Crippen LogP) is 5.09. The first-order valence-electron chi connectivity index (χ1n) is 8.75. The highest BCUT2D eigenvalue weighted by molar-refractivity contribution is 5.96. The highest BCUT2D eigenvalue weighted by Gasteiger charge is 2.24. The van der Waals surface area contributed by atoms with Gasteiger partial charge in [-0.15, -0.1) is 0 Å². The zero-order chi connectivity index (χ0) is 18.1. The number of furan rings is 1. The van der Waals surface area contributed by atoms with E-state index >= 15 is 0 Å². The molecule has 0 radical (unpaired) electrons. The van der Waals surface area contributed by atoms with Crippen molar-refractivity contribution >= 4 is 28.0 Å². The second-order valence-corrected chi connectivity index (χ2v) is 6.82. The van der Waals surface area contributed by atoms with E-state index in [0.717, 1.165) is 17.3 Å². The van der Waals surface area contributed by atoms with Crippen molar-refractivity contribution in [1.29, 1.82) is 0 Å². The van der Waals surface area contributed by atoms with E-state index in [1.807, 2.05) is 48.5 Å². The van der Waals surface area contributed by atoms with Gasteiger partial charge in [0.1, 0.15) is 17.1 Å². The van der Waals surface area contributed by atoms with E-state index in [1.165, 1.54) is 0 Å². The van der Waals surface area contributed by atoms with Crippen LogP contribution in [-0.4, -0.2) is 10.9 Å². The van der Waals surface area contributed by atoms with Gasteiger partial charge in [0.15, 0.2) is 11.3 Å². The van der Waals surface area contributed by atoms with Crippen molar-refractivity contribution in [1.82, 2.24) is 10.3 Å². The summed E-state index contributed by atoms with van der Waals surface area (Å²) >= 11 is 0. The summed E-state index contributed by atoms with van der Waals surface area (Å²) in [6, 6.07) is 16.6. The fourth-order valence-electron chi connectivity index (χ4n) is 3.06. The summed E-state index contributed by atoms with van der Waals surface area (Å²) in [7, 11) is 0. The molecule has 0 aliphatic carbocycles. The van der Waals surface area contributed by atoms with Gasteiger partial charge in [0.05, 0.1) is 0 Å². The number of carbonyl (C=O) groups is 1. The number of amides is 1. The molecule has 1 N–H and O–H groups in total. The van der Waals surface area contributed by atoms with Crippen LogP contribution in [0.25, 0.3) is 22.1 Å². The lowest BCUT2D eigenvalue weighted by atomic mass is 10.0. The summed E-state index contributed by atoms with van der Waals surface area (Å²) in [6.07, 6.45) is 0.721. The second kappa shape index (κ2) is 6.67. The quantitative estimate of drug-likeness (QED) is 0.545. The zero-order valence-electron chi connectivity index (χ0n) is 14.7. The molecule has 2 heterocycles. The molecule has 0 aliphatic heterocycles. The molecule has 26 heavy (non-hydrogen) atoms. The van der Waals surface area contributed by atoms with Crippen LogP contribution in [-0.2, 0) is 0 Å². The first-order chi connectivity index (χ1) is 12.6. The number of rotatable bonds is 5. The van der Waals surface area contributed by atoms with Gasteiger partial charge in [-0.05, 0) is 36.6 Å². The zero-order valence-corrected chi connectivity index (χ0v) is 14.7. The van der Waals surface area contributed by atoms with Crippen molar-refractivity contribution in [2.45, 2.75) is 26.3 Å². The molecule has 1 amide bonds. The lowest BCUT2D eigenvalue weighted by Crippen LogP contribution is -2.29. The number of oxazole rings is 1. The maximum atomic E-state index is 12.7. The monoisotopic (exact) mass is 348 g/mol. The summed E-state index contributed by atoms with van der Waals surface area (Å²) in [5.74, 6) is 0.903. The van der Waals surface area contributed by atoms with Crippen molar-refractivity contribution in [2.75, 3.05) is 0 Å². The fraction of sp³-hybridized carbons (Fsp3) is 0.238. The molecule has 0 unspecified atom stereocenters. The molecule has 5 heteroatoms. The molecule has 0 saturated carbocycles. The average Bonchev–Trinajstić information content (AvgIpc) is 3.24. The van der Waals surface area contributed by atoms with Gasteiger partial charge >= 0.3 is 0 Å². The minimum absolute atomic E-state index is 0.269. The number of para-hydroxylation sites is 3. The highest BCUT2D eigenvalue weighted by Crippen LogP contribution is 2.26. The van der Waals surface area contributed by atoms with Crippen molar-refractivity contribution in [3.05, 3.63) is 66.2 Å². The number of benzene rings is 2. The van der Waals surface area contributed by atoms with Crippen LogP contribution in [0.5, 0.6) is 0 Å². The van der Waals surface area contributed by atoms with Gasteiger partial charge in [-0.25, -0.2) is 4.98 Å². The van der Waals surface area contributed by atoms with E-state index in [2.05, 4.69) is 24.1 Å². The number of carbonyl (C=O) groups excluding carboxylic acids is 1. The Morgan fingerprint density at radius 1 is 1.04 bits per heavy atom. The Kier molecular flexibility index (Phi) is 4.21. The van der Waals surface area contributed by atoms with Crippen molar-refractivity contribution in [3.63, 3.8) is 0 Å². The van der Waals surface area contributed by atoms with Crippen molar-refractivity contribution in [2.24, 2.45) is 5.92 Å². The summed E-state index contributed by atoms with van der Waals surface area (Å²) in [5, 5.41) is 3.92. The van der Waals surface area contributed by atoms with Gasteiger partial charge < -0.3 is 14.2 Å². The Bertz CT molecular complexity index is 995. The molecule has 0 spiro atoms. The van der Waals surface area contributed by atoms with Gasteiger partial charge in [-0.1, -0.05) is 44.2 Å². The van der Waals surface area contributed by atoms with E-state index < -0.39 is 0 Å². The van der Waals surface area contributed by atoms with Gasteiger partial charge in [0.25, 0.3) is 5.91 Å². The van der Waals surface area contributed by atoms with E-state index in [4.69, 9.17) is 8.83 Å². The minimum atomic E-state index is -0.317. The normalized spacial score (nSPS) is 12.7. The standard InChI is InChI=1S/C21H20N2O3/c1-13(2)11-16(21-23-15-8-4-6-10-18(15)26-21)22-20(24)19-12-14-7-3-5-9-17(14)25-19/h3-10,12-13,16H,11H2,1-2H3,(H,22,24)/t16-/m1/s1. The molecule has 5 nitrogen and oxygen atoms in total. The molecule has 4 aromatic rings. The number of nitrogens with zero attached hydrogens (tertiary/aromatic N) is 1. The molecule has 2 aromatic heterocycles. The first kappa shape index (κ1) is 16.4. The van der Waals surface area contributed by atoms with E-state index in [-0.39, 0.29) is 17.7 Å². The first-order valence-corrected chi connectivity index (χ1v) is 8.75.